The molecule has 0 aliphatic heterocycles. The summed E-state index contributed by atoms with van der Waals surface area (Å²) in [6.07, 6.45) is -0.543. The molecule has 0 aromatic carbocycles. The van der Waals surface area contributed by atoms with Crippen molar-refractivity contribution in [2.45, 2.75) is 26.9 Å². The minimum absolute atomic E-state index is 0.242. The van der Waals surface area contributed by atoms with Gasteiger partial charge >= 0.3 is 5.97 Å². The van der Waals surface area contributed by atoms with E-state index in [1.165, 1.54) is 14.0 Å². The number of ether oxygens (including phenoxy) is 2. The molecule has 4 heteroatoms. The molecule has 4 nitrogen and oxygen atoms in total. The van der Waals surface area contributed by atoms with Crippen LogP contribution in [0.5, 0.6) is 0 Å². The first-order valence-electron chi connectivity index (χ1n) is 4.27. The first kappa shape index (κ1) is 12.1. The molecule has 0 aliphatic rings. The maximum Gasteiger partial charge on any atom is 0.316 e. The second kappa shape index (κ2) is 5.70. The molecule has 0 aromatic rings. The molecule has 0 N–H and O–H groups in total. The van der Waals surface area contributed by atoms with Crippen LogP contribution in [-0.4, -0.2) is 31.6 Å². The minimum atomic E-state index is -0.744. The maximum absolute atomic E-state index is 11.4. The van der Waals surface area contributed by atoms with E-state index in [0.29, 0.717) is 6.61 Å². The summed E-state index contributed by atoms with van der Waals surface area (Å²) < 4.78 is 9.51. The highest BCUT2D eigenvalue weighted by atomic mass is 16.5. The number of hydrogen-bond acceptors (Lipinski definition) is 4. The van der Waals surface area contributed by atoms with Gasteiger partial charge in [0.15, 0.2) is 5.78 Å². The van der Waals surface area contributed by atoms with Crippen LogP contribution in [-0.2, 0) is 19.1 Å². The number of hydrogen-bond donors (Lipinski definition) is 0. The Bertz CT molecular complexity index is 188. The van der Waals surface area contributed by atoms with Crippen molar-refractivity contribution < 1.29 is 19.1 Å². The van der Waals surface area contributed by atoms with Gasteiger partial charge in [0.25, 0.3) is 0 Å². The quantitative estimate of drug-likeness (QED) is 0.473. The molecular formula is C9H16O4. The van der Waals surface area contributed by atoms with Crippen molar-refractivity contribution in [3.05, 3.63) is 0 Å². The Morgan fingerprint density at radius 1 is 1.31 bits per heavy atom. The zero-order chi connectivity index (χ0) is 10.4. The van der Waals surface area contributed by atoms with E-state index in [2.05, 4.69) is 4.74 Å². The van der Waals surface area contributed by atoms with E-state index in [0.717, 1.165) is 0 Å². The molecule has 2 atom stereocenters. The lowest BCUT2D eigenvalue weighted by Crippen LogP contribution is -2.32. The van der Waals surface area contributed by atoms with Crippen molar-refractivity contribution in [3.8, 4) is 0 Å². The summed E-state index contributed by atoms with van der Waals surface area (Å²) in [4.78, 5) is 22.4. The largest absolute Gasteiger partial charge is 0.468 e. The fourth-order valence-electron chi connectivity index (χ4n) is 0.977. The van der Waals surface area contributed by atoms with Gasteiger partial charge < -0.3 is 9.47 Å². The summed E-state index contributed by atoms with van der Waals surface area (Å²) in [5, 5.41) is 0. The van der Waals surface area contributed by atoms with Gasteiger partial charge in [-0.25, -0.2) is 0 Å². The number of rotatable bonds is 5. The third-order valence-corrected chi connectivity index (χ3v) is 1.80. The molecule has 13 heavy (non-hydrogen) atoms. The van der Waals surface area contributed by atoms with Crippen LogP contribution in [0.3, 0.4) is 0 Å². The standard InChI is InChI=1S/C9H16O4/c1-5-13-7(3)8(10)6(2)9(11)12-4/h6-7H,5H2,1-4H3. The predicted octanol–water partition coefficient (Wildman–Crippen LogP) is 0.790. The van der Waals surface area contributed by atoms with Gasteiger partial charge in [-0.2, -0.15) is 0 Å². The zero-order valence-electron chi connectivity index (χ0n) is 8.49. The predicted molar refractivity (Wildman–Crippen MR) is 47.3 cm³/mol. The third kappa shape index (κ3) is 3.55. The summed E-state index contributed by atoms with van der Waals surface area (Å²) in [5.41, 5.74) is 0. The van der Waals surface area contributed by atoms with Gasteiger partial charge in [-0.3, -0.25) is 9.59 Å². The van der Waals surface area contributed by atoms with Crippen LogP contribution in [0.2, 0.25) is 0 Å². The fraction of sp³-hybridized carbons (Fsp3) is 0.778. The Hall–Kier alpha value is -0.900. The van der Waals surface area contributed by atoms with Crippen molar-refractivity contribution in [1.29, 1.82) is 0 Å². The van der Waals surface area contributed by atoms with Crippen molar-refractivity contribution >= 4 is 11.8 Å². The topological polar surface area (TPSA) is 52.6 Å². The molecule has 0 spiro atoms. The van der Waals surface area contributed by atoms with Crippen LogP contribution in [0.1, 0.15) is 20.8 Å². The first-order valence-corrected chi connectivity index (χ1v) is 4.27. The molecule has 0 saturated heterocycles. The molecule has 76 valence electrons. The van der Waals surface area contributed by atoms with Gasteiger partial charge in [0.2, 0.25) is 0 Å². The molecule has 2 unspecified atom stereocenters. The number of carbonyl (C=O) groups is 2. The smallest absolute Gasteiger partial charge is 0.316 e. The van der Waals surface area contributed by atoms with Crippen molar-refractivity contribution in [2.24, 2.45) is 5.92 Å². The fourth-order valence-corrected chi connectivity index (χ4v) is 0.977. The average molecular weight is 188 g/mol. The van der Waals surface area contributed by atoms with Gasteiger partial charge in [0.05, 0.1) is 7.11 Å². The van der Waals surface area contributed by atoms with E-state index in [-0.39, 0.29) is 5.78 Å². The van der Waals surface area contributed by atoms with Crippen LogP contribution in [0, 0.1) is 5.92 Å². The summed E-state index contributed by atoms with van der Waals surface area (Å²) >= 11 is 0. The molecule has 0 fully saturated rings. The van der Waals surface area contributed by atoms with Crippen molar-refractivity contribution in [1.82, 2.24) is 0 Å². The summed E-state index contributed by atoms with van der Waals surface area (Å²) in [7, 11) is 1.26. The Balaban J connectivity index is 4.16. The van der Waals surface area contributed by atoms with E-state index in [4.69, 9.17) is 4.74 Å². The maximum atomic E-state index is 11.4. The van der Waals surface area contributed by atoms with Crippen LogP contribution in [0.4, 0.5) is 0 Å². The van der Waals surface area contributed by atoms with Gasteiger partial charge in [0, 0.05) is 6.61 Å². The summed E-state index contributed by atoms with van der Waals surface area (Å²) in [5.74, 6) is -1.50. The Labute approximate surface area is 78.2 Å². The minimum Gasteiger partial charge on any atom is -0.468 e. The van der Waals surface area contributed by atoms with E-state index in [1.54, 1.807) is 13.8 Å². The van der Waals surface area contributed by atoms with Gasteiger partial charge in [-0.1, -0.05) is 0 Å². The van der Waals surface area contributed by atoms with Crippen LogP contribution >= 0.6 is 0 Å². The Morgan fingerprint density at radius 3 is 2.23 bits per heavy atom. The van der Waals surface area contributed by atoms with Crippen molar-refractivity contribution in [3.63, 3.8) is 0 Å². The SMILES string of the molecule is CCOC(C)C(=O)C(C)C(=O)OC. The monoisotopic (exact) mass is 188 g/mol. The molecule has 0 amide bonds. The van der Waals surface area contributed by atoms with Crippen molar-refractivity contribution in [2.75, 3.05) is 13.7 Å². The molecular weight excluding hydrogens is 172 g/mol. The molecule has 0 rings (SSSR count). The number of carbonyl (C=O) groups excluding carboxylic acids is 2. The van der Waals surface area contributed by atoms with Gasteiger partial charge in [-0.15, -0.1) is 0 Å². The zero-order valence-corrected chi connectivity index (χ0v) is 8.49. The van der Waals surface area contributed by atoms with Gasteiger partial charge in [0.1, 0.15) is 12.0 Å². The van der Waals surface area contributed by atoms with E-state index in [9.17, 15) is 9.59 Å². The first-order chi connectivity index (χ1) is 6.04. The second-order valence-electron chi connectivity index (χ2n) is 2.74. The number of Topliss-reactive ketones (excluding diaryl/α,β-unsaturated/α-hetero) is 1. The number of ketones is 1. The molecule has 0 aromatic heterocycles. The highest BCUT2D eigenvalue weighted by Gasteiger charge is 2.26. The average Bonchev–Trinajstić information content (AvgIpc) is 2.14. The molecule has 0 heterocycles. The normalized spacial score (nSPS) is 14.8. The molecule has 0 bridgehead atoms. The van der Waals surface area contributed by atoms with Gasteiger partial charge in [-0.05, 0) is 20.8 Å². The summed E-state index contributed by atoms with van der Waals surface area (Å²) in [6, 6.07) is 0. The highest BCUT2D eigenvalue weighted by molar-refractivity contribution is 6.00. The molecule has 0 saturated carbocycles. The lowest BCUT2D eigenvalue weighted by atomic mass is 10.0. The number of esters is 1. The van der Waals surface area contributed by atoms with Crippen LogP contribution < -0.4 is 0 Å². The molecule has 0 aliphatic carbocycles. The van der Waals surface area contributed by atoms with E-state index < -0.39 is 18.0 Å². The van der Waals surface area contributed by atoms with Crippen LogP contribution in [0.25, 0.3) is 0 Å². The highest BCUT2D eigenvalue weighted by Crippen LogP contribution is 2.05. The lowest BCUT2D eigenvalue weighted by Gasteiger charge is -2.14. The van der Waals surface area contributed by atoms with E-state index >= 15 is 0 Å². The lowest BCUT2D eigenvalue weighted by molar-refractivity contribution is -0.151. The third-order valence-electron chi connectivity index (χ3n) is 1.80. The summed E-state index contributed by atoms with van der Waals surface area (Å²) in [6.45, 7) is 5.41. The Morgan fingerprint density at radius 2 is 1.85 bits per heavy atom. The number of methoxy groups -OCH3 is 1. The van der Waals surface area contributed by atoms with Crippen LogP contribution in [0.15, 0.2) is 0 Å². The second-order valence-corrected chi connectivity index (χ2v) is 2.74. The van der Waals surface area contributed by atoms with E-state index in [1.807, 2.05) is 0 Å². The molecule has 0 radical (unpaired) electrons. The Kier molecular flexibility index (Phi) is 5.30.